The Balaban J connectivity index is 1.55. The van der Waals surface area contributed by atoms with Crippen LogP contribution in [0, 0.1) is 0 Å². The summed E-state index contributed by atoms with van der Waals surface area (Å²) in [5.74, 6) is -1.11. The third kappa shape index (κ3) is 6.07. The summed E-state index contributed by atoms with van der Waals surface area (Å²) in [6, 6.07) is 14.2. The van der Waals surface area contributed by atoms with Crippen LogP contribution in [0.2, 0.25) is 0 Å². The fourth-order valence-corrected chi connectivity index (χ4v) is 3.82. The van der Waals surface area contributed by atoms with Gasteiger partial charge in [0.05, 0.1) is 18.4 Å². The lowest BCUT2D eigenvalue weighted by Gasteiger charge is -2.22. The Morgan fingerprint density at radius 1 is 1.03 bits per heavy atom. The standard InChI is InChI=1S/C24H30N4O4/c1-3-28-14-6-7-18(28)16-26-23(30)24(31)27-21-9-5-4-8-20(21)22(29)25-15-17-10-12-19(32-2)13-11-17/h4-5,8-13,18H,3,6-7,14-16H2,1-2H3,(H,25,29)(H,26,30)(H,27,31)/t18-/m0/s1. The molecule has 1 aliphatic heterocycles. The second-order valence-corrected chi connectivity index (χ2v) is 7.67. The maximum atomic E-state index is 12.7. The van der Waals surface area contributed by atoms with Gasteiger partial charge in [-0.1, -0.05) is 31.2 Å². The van der Waals surface area contributed by atoms with Gasteiger partial charge in [-0.15, -0.1) is 0 Å². The van der Waals surface area contributed by atoms with E-state index in [-0.39, 0.29) is 23.2 Å². The van der Waals surface area contributed by atoms with E-state index in [4.69, 9.17) is 4.74 Å². The molecule has 170 valence electrons. The first-order valence-electron chi connectivity index (χ1n) is 10.8. The lowest BCUT2D eigenvalue weighted by molar-refractivity contribution is -0.136. The number of nitrogens with zero attached hydrogens (tertiary/aromatic N) is 1. The molecule has 0 unspecified atom stereocenters. The molecule has 1 fully saturated rings. The van der Waals surface area contributed by atoms with Gasteiger partial charge in [0.15, 0.2) is 0 Å². The highest BCUT2D eigenvalue weighted by molar-refractivity contribution is 6.40. The average molecular weight is 439 g/mol. The Kier molecular flexibility index (Phi) is 8.21. The molecule has 1 heterocycles. The first-order valence-corrected chi connectivity index (χ1v) is 10.8. The molecule has 8 nitrogen and oxygen atoms in total. The van der Waals surface area contributed by atoms with Gasteiger partial charge in [0.1, 0.15) is 5.75 Å². The van der Waals surface area contributed by atoms with Gasteiger partial charge >= 0.3 is 11.8 Å². The van der Waals surface area contributed by atoms with E-state index in [0.29, 0.717) is 13.1 Å². The van der Waals surface area contributed by atoms with E-state index in [1.54, 1.807) is 31.4 Å². The van der Waals surface area contributed by atoms with Gasteiger partial charge in [0.2, 0.25) is 0 Å². The first-order chi connectivity index (χ1) is 15.5. The van der Waals surface area contributed by atoms with Crippen LogP contribution in [0.1, 0.15) is 35.7 Å². The Morgan fingerprint density at radius 3 is 2.50 bits per heavy atom. The zero-order valence-corrected chi connectivity index (χ0v) is 18.5. The maximum absolute atomic E-state index is 12.7. The lowest BCUT2D eigenvalue weighted by Crippen LogP contribution is -2.43. The van der Waals surface area contributed by atoms with Crippen molar-refractivity contribution in [1.29, 1.82) is 0 Å². The van der Waals surface area contributed by atoms with Gasteiger partial charge in [-0.25, -0.2) is 0 Å². The van der Waals surface area contributed by atoms with E-state index >= 15 is 0 Å². The summed E-state index contributed by atoms with van der Waals surface area (Å²) in [6.45, 7) is 4.78. The third-order valence-corrected chi connectivity index (χ3v) is 5.64. The zero-order chi connectivity index (χ0) is 22.9. The molecule has 1 saturated heterocycles. The molecule has 0 aromatic heterocycles. The van der Waals surface area contributed by atoms with Gasteiger partial charge in [-0.3, -0.25) is 19.3 Å². The molecule has 8 heteroatoms. The smallest absolute Gasteiger partial charge is 0.313 e. The summed E-state index contributed by atoms with van der Waals surface area (Å²) in [6.07, 6.45) is 2.10. The van der Waals surface area contributed by atoms with Crippen molar-refractivity contribution in [1.82, 2.24) is 15.5 Å². The van der Waals surface area contributed by atoms with E-state index in [2.05, 4.69) is 27.8 Å². The number of nitrogens with one attached hydrogen (secondary N) is 3. The number of benzene rings is 2. The molecule has 3 amide bonds. The van der Waals surface area contributed by atoms with Crippen LogP contribution in [0.25, 0.3) is 0 Å². The molecule has 0 spiro atoms. The highest BCUT2D eigenvalue weighted by atomic mass is 16.5. The van der Waals surface area contributed by atoms with Gasteiger partial charge < -0.3 is 20.7 Å². The Morgan fingerprint density at radius 2 is 1.78 bits per heavy atom. The molecule has 2 aromatic carbocycles. The number of para-hydroxylation sites is 1. The molecule has 1 atom stereocenters. The van der Waals surface area contributed by atoms with Crippen molar-refractivity contribution in [2.75, 3.05) is 32.1 Å². The average Bonchev–Trinajstić information content (AvgIpc) is 3.29. The van der Waals surface area contributed by atoms with Crippen LogP contribution in [-0.4, -0.2) is 55.4 Å². The van der Waals surface area contributed by atoms with Crippen molar-refractivity contribution >= 4 is 23.4 Å². The van der Waals surface area contributed by atoms with Crippen molar-refractivity contribution < 1.29 is 19.1 Å². The fourth-order valence-electron chi connectivity index (χ4n) is 3.82. The number of likely N-dealkylation sites (N-methyl/N-ethyl adjacent to an activating group) is 1. The molecular formula is C24H30N4O4. The van der Waals surface area contributed by atoms with Crippen LogP contribution >= 0.6 is 0 Å². The number of rotatable bonds is 8. The van der Waals surface area contributed by atoms with Crippen molar-refractivity contribution in [2.45, 2.75) is 32.4 Å². The van der Waals surface area contributed by atoms with E-state index in [0.717, 1.165) is 37.2 Å². The predicted molar refractivity (Wildman–Crippen MR) is 123 cm³/mol. The topological polar surface area (TPSA) is 99.8 Å². The molecular weight excluding hydrogens is 408 g/mol. The van der Waals surface area contributed by atoms with E-state index in [1.165, 1.54) is 0 Å². The number of hydrogen-bond acceptors (Lipinski definition) is 5. The number of ether oxygens (including phenoxy) is 1. The van der Waals surface area contributed by atoms with Crippen LogP contribution in [0.15, 0.2) is 48.5 Å². The maximum Gasteiger partial charge on any atom is 0.313 e. The lowest BCUT2D eigenvalue weighted by atomic mass is 10.1. The molecule has 0 aliphatic carbocycles. The van der Waals surface area contributed by atoms with Crippen LogP contribution in [0.5, 0.6) is 5.75 Å². The molecule has 1 aliphatic rings. The minimum atomic E-state index is -0.790. The van der Waals surface area contributed by atoms with Crippen LogP contribution in [0.3, 0.4) is 0 Å². The molecule has 0 saturated carbocycles. The van der Waals surface area contributed by atoms with Crippen molar-refractivity contribution in [3.8, 4) is 5.75 Å². The van der Waals surface area contributed by atoms with Gasteiger partial charge in [-0.05, 0) is 55.8 Å². The van der Waals surface area contributed by atoms with Gasteiger partial charge in [-0.2, -0.15) is 0 Å². The van der Waals surface area contributed by atoms with Crippen molar-refractivity contribution in [3.63, 3.8) is 0 Å². The van der Waals surface area contributed by atoms with E-state index < -0.39 is 11.8 Å². The Labute approximate surface area is 188 Å². The second kappa shape index (κ2) is 11.3. The van der Waals surface area contributed by atoms with Gasteiger partial charge in [0.25, 0.3) is 5.91 Å². The summed E-state index contributed by atoms with van der Waals surface area (Å²) >= 11 is 0. The second-order valence-electron chi connectivity index (χ2n) is 7.67. The minimum Gasteiger partial charge on any atom is -0.497 e. The number of carbonyl (C=O) groups excluding carboxylic acids is 3. The summed E-state index contributed by atoms with van der Waals surface area (Å²) in [7, 11) is 1.59. The first kappa shape index (κ1) is 23.3. The van der Waals surface area contributed by atoms with Crippen LogP contribution < -0.4 is 20.7 Å². The summed E-state index contributed by atoms with van der Waals surface area (Å²) in [5.41, 5.74) is 1.49. The normalized spacial score (nSPS) is 15.8. The summed E-state index contributed by atoms with van der Waals surface area (Å²) in [5, 5.41) is 8.11. The number of amides is 3. The Bertz CT molecular complexity index is 945. The molecule has 32 heavy (non-hydrogen) atoms. The zero-order valence-electron chi connectivity index (χ0n) is 18.5. The van der Waals surface area contributed by atoms with Crippen LogP contribution in [0.4, 0.5) is 5.69 Å². The number of methoxy groups -OCH3 is 1. The van der Waals surface area contributed by atoms with E-state index in [9.17, 15) is 14.4 Å². The van der Waals surface area contributed by atoms with Crippen LogP contribution in [-0.2, 0) is 16.1 Å². The number of anilines is 1. The highest BCUT2D eigenvalue weighted by Crippen LogP contribution is 2.17. The highest BCUT2D eigenvalue weighted by Gasteiger charge is 2.25. The quantitative estimate of drug-likeness (QED) is 0.549. The molecule has 3 rings (SSSR count). The summed E-state index contributed by atoms with van der Waals surface area (Å²) in [4.78, 5) is 39.7. The fraction of sp³-hybridized carbons (Fsp3) is 0.375. The number of likely N-dealkylation sites (tertiary alicyclic amines) is 1. The van der Waals surface area contributed by atoms with E-state index in [1.807, 2.05) is 24.3 Å². The third-order valence-electron chi connectivity index (χ3n) is 5.64. The van der Waals surface area contributed by atoms with Crippen molar-refractivity contribution in [2.24, 2.45) is 0 Å². The predicted octanol–water partition coefficient (Wildman–Crippen LogP) is 2.16. The van der Waals surface area contributed by atoms with Crippen molar-refractivity contribution in [3.05, 3.63) is 59.7 Å². The number of carbonyl (C=O) groups is 3. The van der Waals surface area contributed by atoms with Gasteiger partial charge in [0, 0.05) is 19.1 Å². The molecule has 0 bridgehead atoms. The molecule has 3 N–H and O–H groups in total. The monoisotopic (exact) mass is 438 g/mol. The SMILES string of the molecule is CCN1CCC[C@H]1CNC(=O)C(=O)Nc1ccccc1C(=O)NCc1ccc(OC)cc1. The Hall–Kier alpha value is -3.39. The molecule has 2 aromatic rings. The summed E-state index contributed by atoms with van der Waals surface area (Å²) < 4.78 is 5.13. The largest absolute Gasteiger partial charge is 0.497 e. The molecule has 0 radical (unpaired) electrons. The number of hydrogen-bond donors (Lipinski definition) is 3. The minimum absolute atomic E-state index is 0.257.